The fraction of sp³-hybridized carbons (Fsp3) is 0.769. The maximum atomic E-state index is 11.2. The van der Waals surface area contributed by atoms with E-state index >= 15 is 0 Å². The zero-order valence-corrected chi connectivity index (χ0v) is 10.7. The van der Waals surface area contributed by atoms with E-state index in [9.17, 15) is 4.79 Å². The van der Waals surface area contributed by atoms with Gasteiger partial charge >= 0.3 is 5.69 Å². The Morgan fingerprint density at radius 2 is 1.71 bits per heavy atom. The van der Waals surface area contributed by atoms with E-state index in [-0.39, 0.29) is 11.6 Å². The summed E-state index contributed by atoms with van der Waals surface area (Å²) in [4.78, 5) is 13.6. The molecule has 1 rings (SSSR count). The number of rotatable bonds is 9. The predicted octanol–water partition coefficient (Wildman–Crippen LogP) is 3.02. The van der Waals surface area contributed by atoms with Gasteiger partial charge in [-0.2, -0.15) is 0 Å². The Hall–Kier alpha value is -1.19. The number of aromatic amines is 1. The number of H-pyrrole nitrogens is 1. The number of unbranched alkanes of at least 4 members (excludes halogenated alkanes) is 7. The van der Waals surface area contributed by atoms with Crippen molar-refractivity contribution in [3.8, 4) is 5.88 Å². The monoisotopic (exact) mass is 240 g/mol. The summed E-state index contributed by atoms with van der Waals surface area (Å²) in [6, 6.07) is 0. The second-order valence-electron chi connectivity index (χ2n) is 4.61. The summed E-state index contributed by atoms with van der Waals surface area (Å²) in [5.41, 5.74) is -0.217. The summed E-state index contributed by atoms with van der Waals surface area (Å²) in [7, 11) is 0. The molecule has 0 saturated heterocycles. The Labute approximate surface area is 103 Å². The number of imidazole rings is 1. The lowest BCUT2D eigenvalue weighted by Gasteiger charge is -2.02. The summed E-state index contributed by atoms with van der Waals surface area (Å²) in [6.45, 7) is 2.93. The number of aromatic nitrogens is 2. The van der Waals surface area contributed by atoms with Crippen molar-refractivity contribution in [1.82, 2.24) is 9.55 Å². The Kier molecular flexibility index (Phi) is 6.51. The highest BCUT2D eigenvalue weighted by Crippen LogP contribution is 2.09. The maximum absolute atomic E-state index is 11.2. The van der Waals surface area contributed by atoms with Crippen LogP contribution in [0, 0.1) is 0 Å². The first kappa shape index (κ1) is 13.9. The minimum atomic E-state index is -0.217. The van der Waals surface area contributed by atoms with Crippen molar-refractivity contribution in [1.29, 1.82) is 0 Å². The van der Waals surface area contributed by atoms with Crippen molar-refractivity contribution in [2.24, 2.45) is 0 Å². The van der Waals surface area contributed by atoms with E-state index in [4.69, 9.17) is 5.11 Å². The van der Waals surface area contributed by atoms with E-state index in [1.54, 1.807) is 0 Å². The van der Waals surface area contributed by atoms with E-state index in [1.807, 2.05) is 0 Å². The Bertz CT molecular complexity index is 355. The van der Waals surface area contributed by atoms with Crippen LogP contribution < -0.4 is 5.69 Å². The smallest absolute Gasteiger partial charge is 0.328 e. The highest BCUT2D eigenvalue weighted by atomic mass is 16.3. The van der Waals surface area contributed by atoms with Crippen LogP contribution in [-0.4, -0.2) is 14.7 Å². The van der Waals surface area contributed by atoms with Crippen LogP contribution >= 0.6 is 0 Å². The number of hydrogen-bond acceptors (Lipinski definition) is 2. The maximum Gasteiger partial charge on any atom is 0.328 e. The summed E-state index contributed by atoms with van der Waals surface area (Å²) < 4.78 is 1.53. The van der Waals surface area contributed by atoms with Crippen LogP contribution in [0.25, 0.3) is 0 Å². The summed E-state index contributed by atoms with van der Waals surface area (Å²) in [5, 5.41) is 9.08. The average Bonchev–Trinajstić information content (AvgIpc) is 2.61. The van der Waals surface area contributed by atoms with Gasteiger partial charge in [-0.05, 0) is 6.42 Å². The van der Waals surface area contributed by atoms with Gasteiger partial charge in [0.25, 0.3) is 0 Å². The SMILES string of the molecule is CCCCCCCCCCn1cc(O)[nH]c1=O. The van der Waals surface area contributed by atoms with Gasteiger partial charge in [0.1, 0.15) is 0 Å². The standard InChI is InChI=1S/C13H24N2O2/c1-2-3-4-5-6-7-8-9-10-15-11-12(16)14-13(15)17/h11,16H,2-10H2,1H3,(H,14,17). The predicted molar refractivity (Wildman–Crippen MR) is 69.3 cm³/mol. The van der Waals surface area contributed by atoms with Crippen molar-refractivity contribution in [3.63, 3.8) is 0 Å². The number of aromatic hydroxyl groups is 1. The molecule has 0 amide bonds. The van der Waals surface area contributed by atoms with Crippen LogP contribution in [0.15, 0.2) is 11.0 Å². The quantitative estimate of drug-likeness (QED) is 0.652. The summed E-state index contributed by atoms with van der Waals surface area (Å²) in [6.07, 6.45) is 11.5. The molecule has 1 aromatic heterocycles. The van der Waals surface area contributed by atoms with Crippen LogP contribution in [0.2, 0.25) is 0 Å². The molecule has 0 saturated carbocycles. The van der Waals surface area contributed by atoms with Crippen molar-refractivity contribution in [3.05, 3.63) is 16.7 Å². The topological polar surface area (TPSA) is 58.0 Å². The minimum Gasteiger partial charge on any atom is -0.493 e. The van der Waals surface area contributed by atoms with Gasteiger partial charge < -0.3 is 5.11 Å². The van der Waals surface area contributed by atoms with Crippen molar-refractivity contribution in [2.75, 3.05) is 0 Å². The highest BCUT2D eigenvalue weighted by molar-refractivity contribution is 5.00. The average molecular weight is 240 g/mol. The second kappa shape index (κ2) is 7.98. The fourth-order valence-corrected chi connectivity index (χ4v) is 2.00. The third-order valence-electron chi connectivity index (χ3n) is 3.03. The van der Waals surface area contributed by atoms with E-state index < -0.39 is 0 Å². The molecule has 98 valence electrons. The van der Waals surface area contributed by atoms with Gasteiger partial charge in [0.2, 0.25) is 5.88 Å². The Morgan fingerprint density at radius 1 is 1.12 bits per heavy atom. The lowest BCUT2D eigenvalue weighted by atomic mass is 10.1. The molecule has 0 unspecified atom stereocenters. The van der Waals surface area contributed by atoms with Crippen molar-refractivity contribution < 1.29 is 5.11 Å². The molecule has 0 aliphatic rings. The first-order chi connectivity index (χ1) is 8.24. The fourth-order valence-electron chi connectivity index (χ4n) is 2.00. The molecule has 0 aliphatic carbocycles. The van der Waals surface area contributed by atoms with Gasteiger partial charge in [-0.15, -0.1) is 0 Å². The van der Waals surface area contributed by atoms with Crippen molar-refractivity contribution in [2.45, 2.75) is 64.8 Å². The lowest BCUT2D eigenvalue weighted by molar-refractivity contribution is 0.454. The minimum absolute atomic E-state index is 0.0467. The molecule has 0 aliphatic heterocycles. The molecular weight excluding hydrogens is 216 g/mol. The second-order valence-corrected chi connectivity index (χ2v) is 4.61. The van der Waals surface area contributed by atoms with E-state index in [0.717, 1.165) is 12.8 Å². The van der Waals surface area contributed by atoms with Crippen molar-refractivity contribution >= 4 is 0 Å². The molecule has 1 aromatic rings. The van der Waals surface area contributed by atoms with E-state index in [0.29, 0.717) is 6.54 Å². The number of nitrogens with one attached hydrogen (secondary N) is 1. The molecule has 0 bridgehead atoms. The van der Waals surface area contributed by atoms with Gasteiger partial charge in [-0.3, -0.25) is 9.55 Å². The van der Waals surface area contributed by atoms with E-state index in [1.165, 1.54) is 49.3 Å². The largest absolute Gasteiger partial charge is 0.493 e. The Balaban J connectivity index is 2.01. The molecule has 0 atom stereocenters. The summed E-state index contributed by atoms with van der Waals surface area (Å²) in [5.74, 6) is -0.0467. The first-order valence-electron chi connectivity index (χ1n) is 6.72. The molecule has 4 nitrogen and oxygen atoms in total. The summed E-state index contributed by atoms with van der Waals surface area (Å²) >= 11 is 0. The highest BCUT2D eigenvalue weighted by Gasteiger charge is 2.00. The van der Waals surface area contributed by atoms with Crippen LogP contribution in [0.4, 0.5) is 0 Å². The lowest BCUT2D eigenvalue weighted by Crippen LogP contribution is -2.15. The zero-order valence-electron chi connectivity index (χ0n) is 10.7. The van der Waals surface area contributed by atoms with Crippen LogP contribution in [0.3, 0.4) is 0 Å². The van der Waals surface area contributed by atoms with Gasteiger partial charge in [0.15, 0.2) is 0 Å². The normalized spacial score (nSPS) is 10.9. The third-order valence-corrected chi connectivity index (χ3v) is 3.03. The number of aryl methyl sites for hydroxylation is 1. The molecule has 0 fully saturated rings. The van der Waals surface area contributed by atoms with Crippen LogP contribution in [0.1, 0.15) is 58.3 Å². The van der Waals surface area contributed by atoms with Gasteiger partial charge in [-0.1, -0.05) is 51.9 Å². The molecule has 1 heterocycles. The molecular formula is C13H24N2O2. The van der Waals surface area contributed by atoms with Gasteiger partial charge in [0, 0.05) is 6.54 Å². The van der Waals surface area contributed by atoms with Gasteiger partial charge in [-0.25, -0.2) is 4.79 Å². The van der Waals surface area contributed by atoms with Gasteiger partial charge in [0.05, 0.1) is 6.20 Å². The number of nitrogens with zero attached hydrogens (tertiary/aromatic N) is 1. The third kappa shape index (κ3) is 5.61. The molecule has 0 aromatic carbocycles. The molecule has 0 radical (unpaired) electrons. The molecule has 0 spiro atoms. The molecule has 2 N–H and O–H groups in total. The van der Waals surface area contributed by atoms with E-state index in [2.05, 4.69) is 11.9 Å². The van der Waals surface area contributed by atoms with Crippen LogP contribution in [0.5, 0.6) is 5.88 Å². The molecule has 17 heavy (non-hydrogen) atoms. The molecule has 4 heteroatoms. The zero-order chi connectivity index (χ0) is 12.5. The Morgan fingerprint density at radius 3 is 2.24 bits per heavy atom. The van der Waals surface area contributed by atoms with Crippen LogP contribution in [-0.2, 0) is 6.54 Å². The number of hydrogen-bond donors (Lipinski definition) is 2. The first-order valence-corrected chi connectivity index (χ1v) is 6.72.